The number of carbonyl (C=O) groups is 1. The van der Waals surface area contributed by atoms with E-state index in [2.05, 4.69) is 5.32 Å². The van der Waals surface area contributed by atoms with Crippen molar-refractivity contribution in [2.45, 2.75) is 39.0 Å². The van der Waals surface area contributed by atoms with Crippen LogP contribution in [0.4, 0.5) is 23.7 Å². The largest absolute Gasteiger partial charge is 0.497 e. The van der Waals surface area contributed by atoms with Crippen molar-refractivity contribution in [1.82, 2.24) is 9.47 Å². The monoisotopic (exact) mass is 489 g/mol. The molecule has 0 aliphatic rings. The maximum absolute atomic E-state index is 13.2. The molecule has 3 aromatic rings. The highest BCUT2D eigenvalue weighted by Gasteiger charge is 2.30. The predicted molar refractivity (Wildman–Crippen MR) is 129 cm³/mol. The first-order valence-electron chi connectivity index (χ1n) is 11.3. The van der Waals surface area contributed by atoms with Crippen molar-refractivity contribution in [1.29, 1.82) is 0 Å². The number of unbranched alkanes of at least 4 members (excludes halogenated alkanes) is 1. The number of carbonyl (C=O) groups excluding carboxylic acids is 1. The van der Waals surface area contributed by atoms with Crippen LogP contribution in [0.5, 0.6) is 11.5 Å². The van der Waals surface area contributed by atoms with Crippen LogP contribution < -0.4 is 14.8 Å². The van der Waals surface area contributed by atoms with Gasteiger partial charge in [0.1, 0.15) is 11.5 Å². The zero-order valence-electron chi connectivity index (χ0n) is 20.1. The van der Waals surface area contributed by atoms with Crippen LogP contribution in [0, 0.1) is 0 Å². The number of urea groups is 1. The second kappa shape index (κ2) is 11.7. The molecule has 0 aliphatic heterocycles. The second-order valence-corrected chi connectivity index (χ2v) is 8.13. The Labute approximate surface area is 203 Å². The number of amides is 2. The van der Waals surface area contributed by atoms with Gasteiger partial charge in [0, 0.05) is 48.9 Å². The van der Waals surface area contributed by atoms with Gasteiger partial charge in [-0.3, -0.25) is 0 Å². The Morgan fingerprint density at radius 2 is 1.74 bits per heavy atom. The van der Waals surface area contributed by atoms with Crippen molar-refractivity contribution >= 4 is 11.7 Å². The second-order valence-electron chi connectivity index (χ2n) is 8.13. The number of aromatic nitrogens is 1. The van der Waals surface area contributed by atoms with Gasteiger partial charge in [-0.05, 0) is 36.2 Å². The average Bonchev–Trinajstić information content (AvgIpc) is 3.27. The molecule has 1 N–H and O–H groups in total. The minimum absolute atomic E-state index is 0.266. The van der Waals surface area contributed by atoms with E-state index in [0.717, 1.165) is 30.7 Å². The summed E-state index contributed by atoms with van der Waals surface area (Å²) >= 11 is 0. The molecule has 0 atom stereocenters. The van der Waals surface area contributed by atoms with Crippen LogP contribution in [0.1, 0.15) is 36.6 Å². The standard InChI is InChI=1S/C26H30F3N3O3/c1-4-5-11-32(25(33)30-21-14-23(34-2)16-24(15-21)35-3)18-22-10-7-12-31(22)17-19-8-6-9-20(13-19)26(27,28)29/h6-10,12-16H,4-5,11,17-18H2,1-3H3,(H,30,33). The number of ether oxygens (including phenoxy) is 2. The Balaban J connectivity index is 1.78. The van der Waals surface area contributed by atoms with Gasteiger partial charge in [0.25, 0.3) is 0 Å². The summed E-state index contributed by atoms with van der Waals surface area (Å²) in [5, 5.41) is 2.90. The summed E-state index contributed by atoms with van der Waals surface area (Å²) in [6, 6.07) is 13.8. The summed E-state index contributed by atoms with van der Waals surface area (Å²) in [5.41, 5.74) is 1.20. The van der Waals surface area contributed by atoms with Gasteiger partial charge in [0.05, 0.1) is 26.3 Å². The zero-order valence-corrected chi connectivity index (χ0v) is 20.1. The fraction of sp³-hybridized carbons (Fsp3) is 0.346. The van der Waals surface area contributed by atoms with E-state index in [9.17, 15) is 18.0 Å². The Morgan fingerprint density at radius 1 is 1.03 bits per heavy atom. The van der Waals surface area contributed by atoms with E-state index in [0.29, 0.717) is 35.8 Å². The molecule has 188 valence electrons. The van der Waals surface area contributed by atoms with Gasteiger partial charge >= 0.3 is 12.2 Å². The molecule has 0 saturated carbocycles. The number of methoxy groups -OCH3 is 2. The summed E-state index contributed by atoms with van der Waals surface area (Å²) in [7, 11) is 3.07. The smallest absolute Gasteiger partial charge is 0.416 e. The molecule has 0 spiro atoms. The first-order chi connectivity index (χ1) is 16.7. The molecule has 0 bridgehead atoms. The summed E-state index contributed by atoms with van der Waals surface area (Å²) < 4.78 is 51.7. The van der Waals surface area contributed by atoms with Gasteiger partial charge in [-0.1, -0.05) is 25.5 Å². The molecule has 1 aromatic heterocycles. The Bertz CT molecular complexity index is 1110. The zero-order chi connectivity index (χ0) is 25.4. The highest BCUT2D eigenvalue weighted by molar-refractivity contribution is 5.89. The lowest BCUT2D eigenvalue weighted by atomic mass is 10.1. The van der Waals surface area contributed by atoms with Crippen molar-refractivity contribution < 1.29 is 27.4 Å². The number of rotatable bonds is 10. The van der Waals surface area contributed by atoms with E-state index < -0.39 is 11.7 Å². The third-order valence-electron chi connectivity index (χ3n) is 5.56. The fourth-order valence-corrected chi connectivity index (χ4v) is 3.67. The number of hydrogen-bond acceptors (Lipinski definition) is 3. The summed E-state index contributed by atoms with van der Waals surface area (Å²) in [6.07, 6.45) is -0.878. The van der Waals surface area contributed by atoms with Gasteiger partial charge in [0.2, 0.25) is 0 Å². The van der Waals surface area contributed by atoms with Gasteiger partial charge in [-0.2, -0.15) is 13.2 Å². The maximum Gasteiger partial charge on any atom is 0.416 e. The van der Waals surface area contributed by atoms with E-state index in [1.807, 2.05) is 23.6 Å². The van der Waals surface area contributed by atoms with Crippen molar-refractivity contribution in [3.8, 4) is 11.5 Å². The van der Waals surface area contributed by atoms with E-state index in [1.165, 1.54) is 20.3 Å². The van der Waals surface area contributed by atoms with Crippen molar-refractivity contribution in [2.75, 3.05) is 26.1 Å². The molecular weight excluding hydrogens is 459 g/mol. The van der Waals surface area contributed by atoms with Crippen LogP contribution in [0.3, 0.4) is 0 Å². The van der Waals surface area contributed by atoms with Crippen molar-refractivity contribution in [3.05, 3.63) is 77.6 Å². The molecule has 3 rings (SSSR count). The van der Waals surface area contributed by atoms with Crippen LogP contribution in [0.2, 0.25) is 0 Å². The molecule has 2 amide bonds. The van der Waals surface area contributed by atoms with Crippen LogP contribution in [-0.2, 0) is 19.3 Å². The van der Waals surface area contributed by atoms with Crippen LogP contribution in [0.15, 0.2) is 60.8 Å². The van der Waals surface area contributed by atoms with E-state index >= 15 is 0 Å². The molecule has 6 nitrogen and oxygen atoms in total. The molecule has 35 heavy (non-hydrogen) atoms. The highest BCUT2D eigenvalue weighted by atomic mass is 19.4. The molecule has 0 fully saturated rings. The van der Waals surface area contributed by atoms with Gasteiger partial charge in [-0.25, -0.2) is 4.79 Å². The predicted octanol–water partition coefficient (Wildman–Crippen LogP) is 6.41. The lowest BCUT2D eigenvalue weighted by Crippen LogP contribution is -2.36. The van der Waals surface area contributed by atoms with Crippen LogP contribution in [-0.4, -0.2) is 36.3 Å². The highest BCUT2D eigenvalue weighted by Crippen LogP contribution is 2.30. The topological polar surface area (TPSA) is 55.7 Å². The fourth-order valence-electron chi connectivity index (χ4n) is 3.67. The van der Waals surface area contributed by atoms with Crippen molar-refractivity contribution in [2.24, 2.45) is 0 Å². The summed E-state index contributed by atoms with van der Waals surface area (Å²) in [4.78, 5) is 14.9. The number of halogens is 3. The number of anilines is 1. The number of alkyl halides is 3. The average molecular weight is 490 g/mol. The summed E-state index contributed by atoms with van der Waals surface area (Å²) in [5.74, 6) is 1.10. The number of hydrogen-bond donors (Lipinski definition) is 1. The minimum atomic E-state index is -4.40. The van der Waals surface area contributed by atoms with Crippen LogP contribution >= 0.6 is 0 Å². The molecule has 0 aliphatic carbocycles. The van der Waals surface area contributed by atoms with Crippen molar-refractivity contribution in [3.63, 3.8) is 0 Å². The molecule has 2 aromatic carbocycles. The summed E-state index contributed by atoms with van der Waals surface area (Å²) in [6.45, 7) is 3.14. The molecule has 9 heteroatoms. The number of benzene rings is 2. The Kier molecular flexibility index (Phi) is 8.68. The van der Waals surface area contributed by atoms with Gasteiger partial charge in [0.15, 0.2) is 0 Å². The van der Waals surface area contributed by atoms with E-state index in [-0.39, 0.29) is 12.6 Å². The lowest BCUT2D eigenvalue weighted by Gasteiger charge is -2.24. The van der Waals surface area contributed by atoms with Crippen LogP contribution in [0.25, 0.3) is 0 Å². The first-order valence-corrected chi connectivity index (χ1v) is 11.3. The lowest BCUT2D eigenvalue weighted by molar-refractivity contribution is -0.137. The van der Waals surface area contributed by atoms with Gasteiger partial charge < -0.3 is 24.3 Å². The first kappa shape index (κ1) is 26.0. The molecule has 1 heterocycles. The normalized spacial score (nSPS) is 11.3. The SMILES string of the molecule is CCCCN(Cc1cccn1Cc1cccc(C(F)(F)F)c1)C(=O)Nc1cc(OC)cc(OC)c1. The van der Waals surface area contributed by atoms with Gasteiger partial charge in [-0.15, -0.1) is 0 Å². The molecular formula is C26H30F3N3O3. The molecule has 0 unspecified atom stereocenters. The number of nitrogens with one attached hydrogen (secondary N) is 1. The third-order valence-corrected chi connectivity index (χ3v) is 5.56. The quantitative estimate of drug-likeness (QED) is 0.358. The third kappa shape index (κ3) is 7.18. The number of nitrogens with zero attached hydrogens (tertiary/aromatic N) is 2. The molecule has 0 radical (unpaired) electrons. The Morgan fingerprint density at radius 3 is 2.37 bits per heavy atom. The minimum Gasteiger partial charge on any atom is -0.497 e. The molecule has 0 saturated heterocycles. The van der Waals surface area contributed by atoms with E-state index in [1.54, 1.807) is 35.4 Å². The van der Waals surface area contributed by atoms with E-state index in [4.69, 9.17) is 9.47 Å². The maximum atomic E-state index is 13.2. The Hall–Kier alpha value is -3.62.